The third-order valence-electron chi connectivity index (χ3n) is 2.80. The van der Waals surface area contributed by atoms with Crippen molar-refractivity contribution in [3.8, 4) is 0 Å². The van der Waals surface area contributed by atoms with Gasteiger partial charge in [-0.3, -0.25) is 10.1 Å². The average Bonchev–Trinajstić information content (AvgIpc) is 2.43. The van der Waals surface area contributed by atoms with Crippen molar-refractivity contribution in [2.45, 2.75) is 13.3 Å². The smallest absolute Gasteiger partial charge is 0.338 e. The first-order valence-corrected chi connectivity index (χ1v) is 6.80. The lowest BCUT2D eigenvalue weighted by Crippen LogP contribution is -2.16. The fourth-order valence-electron chi connectivity index (χ4n) is 1.79. The van der Waals surface area contributed by atoms with Gasteiger partial charge >= 0.3 is 5.97 Å². The molecule has 0 radical (unpaired) electrons. The number of carbonyl (C=O) groups is 1. The second kappa shape index (κ2) is 8.21. The van der Waals surface area contributed by atoms with Crippen LogP contribution in [0.4, 0.5) is 11.4 Å². The van der Waals surface area contributed by atoms with Gasteiger partial charge in [0.05, 0.1) is 17.1 Å². The molecule has 0 amide bonds. The van der Waals surface area contributed by atoms with Gasteiger partial charge < -0.3 is 15.0 Å². The van der Waals surface area contributed by atoms with Crippen LogP contribution in [0.2, 0.25) is 0 Å². The first kappa shape index (κ1) is 16.9. The Labute approximate surface area is 124 Å². The minimum Gasteiger partial charge on any atom is -0.462 e. The van der Waals surface area contributed by atoms with Crippen molar-refractivity contribution in [3.63, 3.8) is 0 Å². The summed E-state index contributed by atoms with van der Waals surface area (Å²) >= 11 is 0. The maximum absolute atomic E-state index is 11.6. The van der Waals surface area contributed by atoms with E-state index in [0.717, 1.165) is 13.0 Å². The number of rotatable bonds is 8. The van der Waals surface area contributed by atoms with Crippen LogP contribution in [0.25, 0.3) is 0 Å². The number of hydrogen-bond donors (Lipinski definition) is 1. The zero-order chi connectivity index (χ0) is 15.8. The Kier molecular flexibility index (Phi) is 6.61. The molecule has 1 aromatic rings. The Morgan fingerprint density at radius 3 is 2.71 bits per heavy atom. The van der Waals surface area contributed by atoms with E-state index in [1.807, 2.05) is 19.0 Å². The van der Waals surface area contributed by atoms with Crippen molar-refractivity contribution >= 4 is 17.3 Å². The highest BCUT2D eigenvalue weighted by molar-refractivity contribution is 5.91. The molecule has 1 aromatic carbocycles. The van der Waals surface area contributed by atoms with Gasteiger partial charge in [-0.05, 0) is 46.1 Å². The lowest BCUT2D eigenvalue weighted by Gasteiger charge is -2.11. The molecule has 0 unspecified atom stereocenters. The molecule has 1 rings (SSSR count). The summed E-state index contributed by atoms with van der Waals surface area (Å²) in [6.45, 7) is 3.43. The topological polar surface area (TPSA) is 84.7 Å². The molecule has 0 fully saturated rings. The molecule has 0 atom stereocenters. The second-order valence-electron chi connectivity index (χ2n) is 4.79. The van der Waals surface area contributed by atoms with Gasteiger partial charge in [0.1, 0.15) is 5.69 Å². The highest BCUT2D eigenvalue weighted by Gasteiger charge is 2.17. The summed E-state index contributed by atoms with van der Waals surface area (Å²) in [6, 6.07) is 4.31. The number of nitrogens with one attached hydrogen (secondary N) is 1. The molecule has 0 aliphatic rings. The van der Waals surface area contributed by atoms with Crippen LogP contribution in [-0.2, 0) is 4.74 Å². The van der Waals surface area contributed by atoms with Crippen LogP contribution in [0.5, 0.6) is 0 Å². The molecule has 0 spiro atoms. The van der Waals surface area contributed by atoms with Crippen LogP contribution in [0.1, 0.15) is 23.7 Å². The lowest BCUT2D eigenvalue weighted by molar-refractivity contribution is -0.384. The standard InChI is InChI=1S/C14H21N3O4/c1-4-21-14(18)11-6-7-12(13(10-11)17(19)20)15-8-5-9-16(2)3/h6-7,10,15H,4-5,8-9H2,1-3H3. The van der Waals surface area contributed by atoms with Crippen molar-refractivity contribution in [1.29, 1.82) is 0 Å². The number of nitrogens with zero attached hydrogens (tertiary/aromatic N) is 2. The Bertz CT molecular complexity index is 503. The van der Waals surface area contributed by atoms with Gasteiger partial charge in [0.25, 0.3) is 5.69 Å². The molecule has 1 N–H and O–H groups in total. The van der Waals surface area contributed by atoms with E-state index < -0.39 is 10.9 Å². The van der Waals surface area contributed by atoms with Gasteiger partial charge in [0, 0.05) is 12.6 Å². The van der Waals surface area contributed by atoms with Gasteiger partial charge in [-0.25, -0.2) is 4.79 Å². The number of hydrogen-bond acceptors (Lipinski definition) is 6. The SMILES string of the molecule is CCOC(=O)c1ccc(NCCCN(C)C)c([N+](=O)[O-])c1. The molecular weight excluding hydrogens is 274 g/mol. The lowest BCUT2D eigenvalue weighted by atomic mass is 10.1. The third kappa shape index (κ3) is 5.39. The second-order valence-corrected chi connectivity index (χ2v) is 4.79. The van der Waals surface area contributed by atoms with Gasteiger partial charge in [-0.15, -0.1) is 0 Å². The predicted molar refractivity (Wildman–Crippen MR) is 80.7 cm³/mol. The van der Waals surface area contributed by atoms with Gasteiger partial charge in [0.2, 0.25) is 0 Å². The minimum absolute atomic E-state index is 0.120. The monoisotopic (exact) mass is 295 g/mol. The molecule has 0 aromatic heterocycles. The number of carbonyl (C=O) groups excluding carboxylic acids is 1. The maximum atomic E-state index is 11.6. The summed E-state index contributed by atoms with van der Waals surface area (Å²) in [5.74, 6) is -0.556. The highest BCUT2D eigenvalue weighted by atomic mass is 16.6. The average molecular weight is 295 g/mol. The minimum atomic E-state index is -0.556. The van der Waals surface area contributed by atoms with Gasteiger partial charge in [0.15, 0.2) is 0 Å². The van der Waals surface area contributed by atoms with E-state index in [1.54, 1.807) is 13.0 Å². The molecule has 0 saturated carbocycles. The quantitative estimate of drug-likeness (QED) is 0.342. The Morgan fingerprint density at radius 1 is 1.43 bits per heavy atom. The fraction of sp³-hybridized carbons (Fsp3) is 0.500. The highest BCUT2D eigenvalue weighted by Crippen LogP contribution is 2.25. The van der Waals surface area contributed by atoms with Crippen molar-refractivity contribution in [1.82, 2.24) is 4.90 Å². The summed E-state index contributed by atoms with van der Waals surface area (Å²) in [6.07, 6.45) is 0.865. The first-order chi connectivity index (χ1) is 9.95. The number of benzene rings is 1. The number of nitro benzene ring substituents is 1. The van der Waals surface area contributed by atoms with Crippen LogP contribution in [0.3, 0.4) is 0 Å². The van der Waals surface area contributed by atoms with Crippen LogP contribution >= 0.6 is 0 Å². The first-order valence-electron chi connectivity index (χ1n) is 6.80. The summed E-state index contributed by atoms with van der Waals surface area (Å²) in [5.41, 5.74) is 0.472. The van der Waals surface area contributed by atoms with Crippen LogP contribution in [-0.4, -0.2) is 49.6 Å². The van der Waals surface area contributed by atoms with Crippen LogP contribution < -0.4 is 5.32 Å². The fourth-order valence-corrected chi connectivity index (χ4v) is 1.79. The third-order valence-corrected chi connectivity index (χ3v) is 2.80. The Hall–Kier alpha value is -2.15. The maximum Gasteiger partial charge on any atom is 0.338 e. The van der Waals surface area contributed by atoms with E-state index in [2.05, 4.69) is 5.32 Å². The van der Waals surface area contributed by atoms with E-state index in [0.29, 0.717) is 12.2 Å². The molecule has 0 bridgehead atoms. The summed E-state index contributed by atoms with van der Waals surface area (Å²) in [7, 11) is 3.94. The van der Waals surface area contributed by atoms with Crippen molar-refractivity contribution in [2.24, 2.45) is 0 Å². The summed E-state index contributed by atoms with van der Waals surface area (Å²) in [5, 5.41) is 14.1. The molecule has 0 saturated heterocycles. The molecular formula is C14H21N3O4. The normalized spacial score (nSPS) is 10.5. The van der Waals surface area contributed by atoms with Gasteiger partial charge in [-0.1, -0.05) is 0 Å². The van der Waals surface area contributed by atoms with Crippen molar-refractivity contribution in [2.75, 3.05) is 39.1 Å². The van der Waals surface area contributed by atoms with Crippen LogP contribution in [0.15, 0.2) is 18.2 Å². The van der Waals surface area contributed by atoms with E-state index in [1.165, 1.54) is 12.1 Å². The van der Waals surface area contributed by atoms with E-state index in [-0.39, 0.29) is 17.9 Å². The van der Waals surface area contributed by atoms with E-state index in [4.69, 9.17) is 4.74 Å². The summed E-state index contributed by atoms with van der Waals surface area (Å²) in [4.78, 5) is 24.2. The molecule has 0 aliphatic carbocycles. The van der Waals surface area contributed by atoms with Gasteiger partial charge in [-0.2, -0.15) is 0 Å². The van der Waals surface area contributed by atoms with Crippen molar-refractivity contribution < 1.29 is 14.5 Å². The zero-order valence-corrected chi connectivity index (χ0v) is 12.6. The molecule has 116 valence electrons. The molecule has 0 aliphatic heterocycles. The molecule has 21 heavy (non-hydrogen) atoms. The number of ether oxygens (including phenoxy) is 1. The predicted octanol–water partition coefficient (Wildman–Crippen LogP) is 2.14. The van der Waals surface area contributed by atoms with Crippen molar-refractivity contribution in [3.05, 3.63) is 33.9 Å². The van der Waals surface area contributed by atoms with Crippen LogP contribution in [0, 0.1) is 10.1 Å². The molecule has 7 heteroatoms. The Morgan fingerprint density at radius 2 is 2.14 bits per heavy atom. The summed E-state index contributed by atoms with van der Waals surface area (Å²) < 4.78 is 4.84. The largest absolute Gasteiger partial charge is 0.462 e. The Balaban J connectivity index is 2.80. The van der Waals surface area contributed by atoms with E-state index >= 15 is 0 Å². The zero-order valence-electron chi connectivity index (χ0n) is 12.6. The number of esters is 1. The molecule has 7 nitrogen and oxygen atoms in total. The number of anilines is 1. The van der Waals surface area contributed by atoms with E-state index in [9.17, 15) is 14.9 Å². The molecule has 0 heterocycles. The number of nitro groups is 1.